The van der Waals surface area contributed by atoms with Crippen LogP contribution in [0.2, 0.25) is 5.02 Å². The first kappa shape index (κ1) is 7.15. The molecule has 0 aliphatic heterocycles. The van der Waals surface area contributed by atoms with Crippen molar-refractivity contribution in [1.82, 2.24) is 0 Å². The molecule has 0 N–H and O–H groups in total. The van der Waals surface area contributed by atoms with Crippen LogP contribution in [-0.2, 0) is 0 Å². The minimum atomic E-state index is 0.671. The molecule has 0 amide bonds. The van der Waals surface area contributed by atoms with E-state index in [-0.39, 0.29) is 0 Å². The summed E-state index contributed by atoms with van der Waals surface area (Å²) in [7, 11) is 2.62. The third kappa shape index (κ3) is 1.15. The summed E-state index contributed by atoms with van der Waals surface area (Å²) in [5.41, 5.74) is 0.834. The Morgan fingerprint density at radius 1 is 1.36 bits per heavy atom. The molecule has 3 heteroatoms. The van der Waals surface area contributed by atoms with Gasteiger partial charge in [-0.3, -0.25) is 0 Å². The lowest BCUT2D eigenvalue weighted by Crippen LogP contribution is -1.85. The van der Waals surface area contributed by atoms with Crippen molar-refractivity contribution in [3.05, 3.63) is 29.5 Å². The van der Waals surface area contributed by atoms with Crippen LogP contribution >= 0.6 is 20.8 Å². The second-order valence-electron chi connectivity index (χ2n) is 2.34. The van der Waals surface area contributed by atoms with E-state index in [0.29, 0.717) is 5.02 Å². The summed E-state index contributed by atoms with van der Waals surface area (Å²) >= 11 is 5.84. The van der Waals surface area contributed by atoms with Gasteiger partial charge in [-0.05, 0) is 17.4 Å². The molecule has 0 aliphatic carbocycles. The first-order chi connectivity index (χ1) is 5.27. The van der Waals surface area contributed by atoms with Gasteiger partial charge >= 0.3 is 0 Å². The third-order valence-electron chi connectivity index (χ3n) is 1.55. The first-order valence-electron chi connectivity index (χ1n) is 3.19. The minimum absolute atomic E-state index is 0.671. The molecule has 1 aromatic heterocycles. The maximum absolute atomic E-state index is 5.84. The van der Waals surface area contributed by atoms with Crippen molar-refractivity contribution in [3.63, 3.8) is 0 Å². The SMILES string of the molecule is Pc1ccc2occ(Cl)c2c1. The highest BCUT2D eigenvalue weighted by molar-refractivity contribution is 7.27. The van der Waals surface area contributed by atoms with E-state index in [2.05, 4.69) is 9.24 Å². The fraction of sp³-hybridized carbons (Fsp3) is 0. The second kappa shape index (κ2) is 2.51. The monoisotopic (exact) mass is 184 g/mol. The van der Waals surface area contributed by atoms with Crippen molar-refractivity contribution in [2.24, 2.45) is 0 Å². The molecule has 1 atom stereocenters. The van der Waals surface area contributed by atoms with Gasteiger partial charge in [-0.15, -0.1) is 9.24 Å². The van der Waals surface area contributed by atoms with E-state index < -0.39 is 0 Å². The molecule has 0 saturated carbocycles. The summed E-state index contributed by atoms with van der Waals surface area (Å²) in [5.74, 6) is 0. The highest BCUT2D eigenvalue weighted by atomic mass is 35.5. The first-order valence-corrected chi connectivity index (χ1v) is 4.15. The predicted molar refractivity (Wildman–Crippen MR) is 50.6 cm³/mol. The molecule has 1 nitrogen and oxygen atoms in total. The average Bonchev–Trinajstić information content (AvgIpc) is 2.33. The van der Waals surface area contributed by atoms with Crippen LogP contribution in [0.1, 0.15) is 0 Å². The van der Waals surface area contributed by atoms with Gasteiger partial charge in [0.1, 0.15) is 11.8 Å². The lowest BCUT2D eigenvalue weighted by molar-refractivity contribution is 0.616. The van der Waals surface area contributed by atoms with Crippen molar-refractivity contribution in [3.8, 4) is 0 Å². The molecule has 0 aliphatic rings. The predicted octanol–water partition coefficient (Wildman–Crippen LogP) is 2.59. The number of halogens is 1. The zero-order valence-electron chi connectivity index (χ0n) is 5.67. The summed E-state index contributed by atoms with van der Waals surface area (Å²) in [6.45, 7) is 0. The van der Waals surface area contributed by atoms with E-state index in [1.54, 1.807) is 6.26 Å². The number of hydrogen-bond donors (Lipinski definition) is 0. The molecule has 2 aromatic rings. The summed E-state index contributed by atoms with van der Waals surface area (Å²) < 4.78 is 5.16. The van der Waals surface area contributed by atoms with Crippen LogP contribution in [0.3, 0.4) is 0 Å². The van der Waals surface area contributed by atoms with E-state index in [4.69, 9.17) is 16.0 Å². The van der Waals surface area contributed by atoms with E-state index in [9.17, 15) is 0 Å². The molecule has 0 fully saturated rings. The summed E-state index contributed by atoms with van der Waals surface area (Å²) in [6.07, 6.45) is 1.55. The Kier molecular flexibility index (Phi) is 1.63. The Morgan fingerprint density at radius 2 is 2.18 bits per heavy atom. The molecule has 0 radical (unpaired) electrons. The van der Waals surface area contributed by atoms with Crippen LogP contribution in [0.25, 0.3) is 11.0 Å². The van der Waals surface area contributed by atoms with Gasteiger partial charge in [0.05, 0.1) is 5.02 Å². The standard InChI is InChI=1S/C8H6ClOP/c9-7-4-10-8-2-1-5(11)3-6(7)8/h1-4H,11H2. The highest BCUT2D eigenvalue weighted by Crippen LogP contribution is 2.24. The van der Waals surface area contributed by atoms with Crippen molar-refractivity contribution in [2.75, 3.05) is 0 Å². The number of benzene rings is 1. The molecular weight excluding hydrogens is 179 g/mol. The van der Waals surface area contributed by atoms with Crippen molar-refractivity contribution in [1.29, 1.82) is 0 Å². The number of hydrogen-bond acceptors (Lipinski definition) is 1. The van der Waals surface area contributed by atoms with Crippen LogP contribution in [0.5, 0.6) is 0 Å². The highest BCUT2D eigenvalue weighted by Gasteiger charge is 2.01. The van der Waals surface area contributed by atoms with Crippen LogP contribution in [0, 0.1) is 0 Å². The third-order valence-corrected chi connectivity index (χ3v) is 2.20. The van der Waals surface area contributed by atoms with Crippen LogP contribution in [-0.4, -0.2) is 0 Å². The van der Waals surface area contributed by atoms with Gasteiger partial charge < -0.3 is 4.42 Å². The number of fused-ring (bicyclic) bond motifs is 1. The lowest BCUT2D eigenvalue weighted by Gasteiger charge is -1.90. The van der Waals surface area contributed by atoms with Crippen LogP contribution < -0.4 is 5.30 Å². The average molecular weight is 185 g/mol. The van der Waals surface area contributed by atoms with E-state index in [0.717, 1.165) is 16.3 Å². The summed E-state index contributed by atoms with van der Waals surface area (Å²) in [6, 6.07) is 5.85. The van der Waals surface area contributed by atoms with E-state index >= 15 is 0 Å². The number of furan rings is 1. The Balaban J connectivity index is 2.87. The van der Waals surface area contributed by atoms with Crippen molar-refractivity contribution in [2.45, 2.75) is 0 Å². The van der Waals surface area contributed by atoms with Crippen molar-refractivity contribution < 1.29 is 4.42 Å². The Hall–Kier alpha value is -0.520. The van der Waals surface area contributed by atoms with Gasteiger partial charge in [-0.1, -0.05) is 17.7 Å². The van der Waals surface area contributed by atoms with Crippen LogP contribution in [0.15, 0.2) is 28.9 Å². The summed E-state index contributed by atoms with van der Waals surface area (Å²) in [4.78, 5) is 0. The maximum atomic E-state index is 5.84. The van der Waals surface area contributed by atoms with Gasteiger partial charge in [0, 0.05) is 5.39 Å². The topological polar surface area (TPSA) is 13.1 Å². The molecule has 0 spiro atoms. The fourth-order valence-corrected chi connectivity index (χ4v) is 1.47. The normalized spacial score (nSPS) is 10.7. The summed E-state index contributed by atoms with van der Waals surface area (Å²) in [5, 5.41) is 2.75. The largest absolute Gasteiger partial charge is 0.463 e. The van der Waals surface area contributed by atoms with Crippen molar-refractivity contribution >= 4 is 37.1 Å². The molecule has 56 valence electrons. The zero-order chi connectivity index (χ0) is 7.84. The Morgan fingerprint density at radius 3 is 3.00 bits per heavy atom. The molecular formula is C8H6ClOP. The quantitative estimate of drug-likeness (QED) is 0.574. The molecule has 1 aromatic carbocycles. The Labute approximate surface area is 71.5 Å². The van der Waals surface area contributed by atoms with E-state index in [1.807, 2.05) is 18.2 Å². The molecule has 0 bridgehead atoms. The van der Waals surface area contributed by atoms with Gasteiger partial charge in [0.15, 0.2) is 0 Å². The van der Waals surface area contributed by atoms with Gasteiger partial charge in [-0.25, -0.2) is 0 Å². The van der Waals surface area contributed by atoms with Gasteiger partial charge in [0.2, 0.25) is 0 Å². The molecule has 11 heavy (non-hydrogen) atoms. The fourth-order valence-electron chi connectivity index (χ4n) is 1.02. The molecule has 2 rings (SSSR count). The van der Waals surface area contributed by atoms with Gasteiger partial charge in [-0.2, -0.15) is 0 Å². The smallest absolute Gasteiger partial charge is 0.135 e. The minimum Gasteiger partial charge on any atom is -0.463 e. The maximum Gasteiger partial charge on any atom is 0.135 e. The molecule has 0 saturated heterocycles. The zero-order valence-corrected chi connectivity index (χ0v) is 7.58. The number of rotatable bonds is 0. The lowest BCUT2D eigenvalue weighted by atomic mass is 10.3. The van der Waals surface area contributed by atoms with Gasteiger partial charge in [0.25, 0.3) is 0 Å². The molecule has 1 unspecified atom stereocenters. The van der Waals surface area contributed by atoms with Crippen LogP contribution in [0.4, 0.5) is 0 Å². The Bertz CT molecular complexity index is 394. The van der Waals surface area contributed by atoms with E-state index in [1.165, 1.54) is 0 Å². The molecule has 1 heterocycles. The second-order valence-corrected chi connectivity index (χ2v) is 3.41.